The molecule has 6 heteroatoms. The maximum absolute atomic E-state index is 12.2. The van der Waals surface area contributed by atoms with Gasteiger partial charge in [-0.2, -0.15) is 5.26 Å². The van der Waals surface area contributed by atoms with E-state index in [0.717, 1.165) is 0 Å². The summed E-state index contributed by atoms with van der Waals surface area (Å²) in [7, 11) is 1.50. The minimum absolute atomic E-state index is 0.0251. The molecule has 118 valence electrons. The van der Waals surface area contributed by atoms with Gasteiger partial charge in [0.05, 0.1) is 31.0 Å². The highest BCUT2D eigenvalue weighted by Crippen LogP contribution is 2.27. The Morgan fingerprint density at radius 2 is 2.05 bits per heavy atom. The first kappa shape index (κ1) is 16.1. The number of hydrogen-bond donors (Lipinski definition) is 0. The van der Waals surface area contributed by atoms with Crippen molar-refractivity contribution in [1.29, 1.82) is 5.26 Å². The van der Waals surface area contributed by atoms with Gasteiger partial charge in [0.15, 0.2) is 18.1 Å². The molecule has 0 unspecified atom stereocenters. The van der Waals surface area contributed by atoms with Crippen molar-refractivity contribution in [3.63, 3.8) is 0 Å². The van der Waals surface area contributed by atoms with Crippen LogP contribution >= 0.6 is 0 Å². The van der Waals surface area contributed by atoms with Gasteiger partial charge in [-0.1, -0.05) is 0 Å². The molecule has 0 aromatic heterocycles. The fourth-order valence-corrected chi connectivity index (χ4v) is 2.47. The van der Waals surface area contributed by atoms with Crippen LogP contribution in [0.25, 0.3) is 0 Å². The summed E-state index contributed by atoms with van der Waals surface area (Å²) in [5, 5.41) is 8.87. The summed E-state index contributed by atoms with van der Waals surface area (Å²) in [6, 6.07) is 6.87. The molecule has 0 aliphatic carbocycles. The van der Waals surface area contributed by atoms with Crippen LogP contribution in [0.15, 0.2) is 18.2 Å². The van der Waals surface area contributed by atoms with E-state index in [1.54, 1.807) is 23.1 Å². The average Bonchev–Trinajstić information content (AvgIpc) is 2.51. The molecular formula is C16H20N2O4. The first-order chi connectivity index (χ1) is 10.5. The van der Waals surface area contributed by atoms with E-state index in [4.69, 9.17) is 19.5 Å². The number of carbonyl (C=O) groups excluding carboxylic acids is 1. The number of amides is 1. The van der Waals surface area contributed by atoms with Crippen molar-refractivity contribution < 1.29 is 19.0 Å². The number of nitrogens with zero attached hydrogens (tertiary/aromatic N) is 2. The van der Waals surface area contributed by atoms with Crippen molar-refractivity contribution >= 4 is 5.91 Å². The van der Waals surface area contributed by atoms with Gasteiger partial charge in [-0.15, -0.1) is 0 Å². The van der Waals surface area contributed by atoms with Gasteiger partial charge in [0.2, 0.25) is 0 Å². The summed E-state index contributed by atoms with van der Waals surface area (Å²) < 4.78 is 16.3. The normalized spacial score (nSPS) is 21.1. The number of ether oxygens (including phenoxy) is 3. The van der Waals surface area contributed by atoms with Crippen molar-refractivity contribution in [1.82, 2.24) is 4.90 Å². The molecule has 1 aliphatic rings. The van der Waals surface area contributed by atoms with Crippen LogP contribution in [0.3, 0.4) is 0 Å². The fraction of sp³-hybridized carbons (Fsp3) is 0.500. The van der Waals surface area contributed by atoms with E-state index in [0.29, 0.717) is 30.2 Å². The molecule has 1 amide bonds. The maximum atomic E-state index is 12.2. The van der Waals surface area contributed by atoms with Gasteiger partial charge in [-0.25, -0.2) is 0 Å². The predicted octanol–water partition coefficient (Wildman–Crippen LogP) is 1.58. The molecular weight excluding hydrogens is 284 g/mol. The number of morpholine rings is 1. The van der Waals surface area contributed by atoms with E-state index < -0.39 is 0 Å². The number of benzene rings is 1. The summed E-state index contributed by atoms with van der Waals surface area (Å²) in [6.07, 6.45) is 0.0503. The lowest BCUT2D eigenvalue weighted by atomic mass is 10.2. The molecule has 0 N–H and O–H groups in total. The smallest absolute Gasteiger partial charge is 0.260 e. The highest BCUT2D eigenvalue weighted by Gasteiger charge is 2.26. The molecule has 22 heavy (non-hydrogen) atoms. The molecule has 1 saturated heterocycles. The molecule has 0 spiro atoms. The molecule has 1 aliphatic heterocycles. The molecule has 1 aromatic rings. The van der Waals surface area contributed by atoms with E-state index in [9.17, 15) is 4.79 Å². The summed E-state index contributed by atoms with van der Waals surface area (Å²) >= 11 is 0. The van der Waals surface area contributed by atoms with Gasteiger partial charge in [0, 0.05) is 19.2 Å². The Balaban J connectivity index is 1.98. The zero-order valence-corrected chi connectivity index (χ0v) is 13.0. The number of carbonyl (C=O) groups is 1. The lowest BCUT2D eigenvalue weighted by molar-refractivity contribution is -0.145. The van der Waals surface area contributed by atoms with Crippen LogP contribution in [-0.2, 0) is 9.53 Å². The van der Waals surface area contributed by atoms with Crippen LogP contribution in [0.4, 0.5) is 0 Å². The van der Waals surface area contributed by atoms with Gasteiger partial charge in [-0.3, -0.25) is 4.79 Å². The maximum Gasteiger partial charge on any atom is 0.260 e. The second kappa shape index (κ2) is 7.14. The van der Waals surface area contributed by atoms with E-state index >= 15 is 0 Å². The number of hydrogen-bond acceptors (Lipinski definition) is 5. The minimum atomic E-state index is -0.0894. The molecule has 1 heterocycles. The summed E-state index contributed by atoms with van der Waals surface area (Å²) in [5.74, 6) is 0.799. The second-order valence-corrected chi connectivity index (χ2v) is 5.32. The SMILES string of the molecule is COc1cc(C#N)ccc1OCC(=O)N1C[C@@H](C)O[C@@H](C)C1. The van der Waals surface area contributed by atoms with Crippen LogP contribution in [0.5, 0.6) is 11.5 Å². The molecule has 0 bridgehead atoms. The first-order valence-electron chi connectivity index (χ1n) is 7.17. The van der Waals surface area contributed by atoms with Gasteiger partial charge >= 0.3 is 0 Å². The third kappa shape index (κ3) is 3.89. The quantitative estimate of drug-likeness (QED) is 0.844. The van der Waals surface area contributed by atoms with Gasteiger partial charge in [0.1, 0.15) is 0 Å². The van der Waals surface area contributed by atoms with Gasteiger partial charge < -0.3 is 19.1 Å². The van der Waals surface area contributed by atoms with E-state index in [-0.39, 0.29) is 24.7 Å². The van der Waals surface area contributed by atoms with Crippen molar-refractivity contribution in [2.75, 3.05) is 26.8 Å². The van der Waals surface area contributed by atoms with Crippen molar-refractivity contribution in [2.24, 2.45) is 0 Å². The largest absolute Gasteiger partial charge is 0.493 e. The van der Waals surface area contributed by atoms with Crippen molar-refractivity contribution in [3.8, 4) is 17.6 Å². The molecule has 1 aromatic carbocycles. The van der Waals surface area contributed by atoms with Crippen LogP contribution in [-0.4, -0.2) is 49.8 Å². The van der Waals surface area contributed by atoms with Crippen LogP contribution in [0.2, 0.25) is 0 Å². The standard InChI is InChI=1S/C16H20N2O4/c1-11-8-18(9-12(2)22-11)16(19)10-21-14-5-4-13(7-17)6-15(14)20-3/h4-6,11-12H,8-10H2,1-3H3/t11-,12+. The third-order valence-electron chi connectivity index (χ3n) is 3.42. The molecule has 6 nitrogen and oxygen atoms in total. The molecule has 0 saturated carbocycles. The lowest BCUT2D eigenvalue weighted by Crippen LogP contribution is -2.49. The summed E-state index contributed by atoms with van der Waals surface area (Å²) in [4.78, 5) is 14.0. The van der Waals surface area contributed by atoms with Gasteiger partial charge in [-0.05, 0) is 26.0 Å². The predicted molar refractivity (Wildman–Crippen MR) is 79.8 cm³/mol. The second-order valence-electron chi connectivity index (χ2n) is 5.32. The minimum Gasteiger partial charge on any atom is -0.493 e. The van der Waals surface area contributed by atoms with Crippen LogP contribution < -0.4 is 9.47 Å². The van der Waals surface area contributed by atoms with E-state index in [2.05, 4.69) is 0 Å². The van der Waals surface area contributed by atoms with E-state index in [1.165, 1.54) is 7.11 Å². The lowest BCUT2D eigenvalue weighted by Gasteiger charge is -2.35. The Morgan fingerprint density at radius 1 is 1.36 bits per heavy atom. The molecule has 2 rings (SSSR count). The third-order valence-corrected chi connectivity index (χ3v) is 3.42. The van der Waals surface area contributed by atoms with Gasteiger partial charge in [0.25, 0.3) is 5.91 Å². The van der Waals surface area contributed by atoms with Crippen molar-refractivity contribution in [2.45, 2.75) is 26.1 Å². The Morgan fingerprint density at radius 3 is 2.64 bits per heavy atom. The summed E-state index contributed by atoms with van der Waals surface area (Å²) in [5.41, 5.74) is 0.478. The number of rotatable bonds is 4. The van der Waals surface area contributed by atoms with E-state index in [1.807, 2.05) is 19.9 Å². The molecule has 2 atom stereocenters. The first-order valence-corrected chi connectivity index (χ1v) is 7.17. The Labute approximate surface area is 130 Å². The number of nitriles is 1. The topological polar surface area (TPSA) is 71.8 Å². The number of methoxy groups -OCH3 is 1. The monoisotopic (exact) mass is 304 g/mol. The molecule has 0 radical (unpaired) electrons. The Hall–Kier alpha value is -2.26. The Kier molecular flexibility index (Phi) is 5.23. The summed E-state index contributed by atoms with van der Waals surface area (Å²) in [6.45, 7) is 4.96. The van der Waals surface area contributed by atoms with Crippen molar-refractivity contribution in [3.05, 3.63) is 23.8 Å². The zero-order chi connectivity index (χ0) is 16.1. The zero-order valence-electron chi connectivity index (χ0n) is 13.0. The highest BCUT2D eigenvalue weighted by molar-refractivity contribution is 5.78. The highest BCUT2D eigenvalue weighted by atomic mass is 16.5. The average molecular weight is 304 g/mol. The van der Waals surface area contributed by atoms with Crippen LogP contribution in [0.1, 0.15) is 19.4 Å². The van der Waals surface area contributed by atoms with Crippen LogP contribution in [0, 0.1) is 11.3 Å². The fourth-order valence-electron chi connectivity index (χ4n) is 2.47. The Bertz CT molecular complexity index is 572. The molecule has 1 fully saturated rings.